The lowest BCUT2D eigenvalue weighted by Crippen LogP contribution is -2.43. The van der Waals surface area contributed by atoms with E-state index in [1.807, 2.05) is 19.9 Å². The molecule has 0 heterocycles. The van der Waals surface area contributed by atoms with Crippen molar-refractivity contribution >= 4 is 28.4 Å². The fraction of sp³-hybridized carbons (Fsp3) is 0.793. The summed E-state index contributed by atoms with van der Waals surface area (Å²) < 4.78 is 18.5. The van der Waals surface area contributed by atoms with Gasteiger partial charge >= 0.3 is 5.97 Å². The highest BCUT2D eigenvalue weighted by molar-refractivity contribution is 6.74. The lowest BCUT2D eigenvalue weighted by atomic mass is 9.66. The number of hydrogen-bond acceptors (Lipinski definition) is 5. The first kappa shape index (κ1) is 33.0. The molecule has 0 aliphatic heterocycles. The molecule has 7 heteroatoms. The van der Waals surface area contributed by atoms with Crippen LogP contribution >= 0.6 is 0 Å². The van der Waals surface area contributed by atoms with Gasteiger partial charge in [-0.2, -0.15) is 0 Å². The molecule has 0 saturated heterocycles. The third-order valence-corrected chi connectivity index (χ3v) is 18.3. The van der Waals surface area contributed by atoms with Crippen molar-refractivity contribution in [2.75, 3.05) is 6.61 Å². The van der Waals surface area contributed by atoms with Gasteiger partial charge in [-0.15, -0.1) is 0 Å². The van der Waals surface area contributed by atoms with Crippen LogP contribution in [0, 0.1) is 10.8 Å². The Kier molecular flexibility index (Phi) is 10.1. The van der Waals surface area contributed by atoms with E-state index in [0.717, 1.165) is 12.0 Å². The Morgan fingerprint density at radius 1 is 0.889 bits per heavy atom. The standard InChI is InChI=1S/C29H54O5Si2/c1-21(16-17-32-35(12,13)26(3,4)5)24(33-22(2)30)18-25(31)29(11)20-23(19-28(29,9)10)34-36(14,15)27(6,7)8/h16,18,23H,17,19-20H2,1-15H3/b21-16+,24-18-/t23-,29-/m0/s1. The quantitative estimate of drug-likeness (QED) is 0.0973. The molecular weight excluding hydrogens is 484 g/mol. The molecule has 36 heavy (non-hydrogen) atoms. The van der Waals surface area contributed by atoms with Crippen LogP contribution < -0.4 is 0 Å². The summed E-state index contributed by atoms with van der Waals surface area (Å²) in [7, 11) is -3.87. The molecule has 0 aromatic carbocycles. The number of ether oxygens (including phenoxy) is 1. The highest BCUT2D eigenvalue weighted by Gasteiger charge is 2.55. The molecule has 0 spiro atoms. The molecule has 1 aliphatic carbocycles. The second-order valence-corrected chi connectivity index (χ2v) is 24.1. The predicted molar refractivity (Wildman–Crippen MR) is 155 cm³/mol. The maximum Gasteiger partial charge on any atom is 0.308 e. The molecule has 5 nitrogen and oxygen atoms in total. The highest BCUT2D eigenvalue weighted by Crippen LogP contribution is 2.55. The zero-order chi connectivity index (χ0) is 28.5. The summed E-state index contributed by atoms with van der Waals surface area (Å²) in [6.45, 7) is 32.2. The second kappa shape index (κ2) is 11.0. The van der Waals surface area contributed by atoms with Crippen molar-refractivity contribution in [3.05, 3.63) is 23.5 Å². The molecule has 2 atom stereocenters. The third kappa shape index (κ3) is 7.74. The van der Waals surface area contributed by atoms with Gasteiger partial charge in [0.25, 0.3) is 0 Å². The van der Waals surface area contributed by atoms with Crippen LogP contribution in [-0.4, -0.2) is 41.1 Å². The van der Waals surface area contributed by atoms with Crippen molar-refractivity contribution in [3.8, 4) is 0 Å². The van der Waals surface area contributed by atoms with Gasteiger partial charge in [-0.3, -0.25) is 9.59 Å². The molecule has 0 unspecified atom stereocenters. The van der Waals surface area contributed by atoms with Gasteiger partial charge in [-0.1, -0.05) is 68.4 Å². The van der Waals surface area contributed by atoms with Crippen LogP contribution in [0.5, 0.6) is 0 Å². The maximum atomic E-state index is 13.8. The molecule has 0 aromatic rings. The van der Waals surface area contributed by atoms with Gasteiger partial charge in [0.2, 0.25) is 0 Å². The van der Waals surface area contributed by atoms with E-state index >= 15 is 0 Å². The van der Waals surface area contributed by atoms with Crippen molar-refractivity contribution in [1.82, 2.24) is 0 Å². The monoisotopic (exact) mass is 538 g/mol. The van der Waals surface area contributed by atoms with Crippen molar-refractivity contribution in [1.29, 1.82) is 0 Å². The van der Waals surface area contributed by atoms with Crippen LogP contribution in [0.1, 0.15) is 89.0 Å². The summed E-state index contributed by atoms with van der Waals surface area (Å²) in [5.41, 5.74) is -0.146. The Hall–Kier alpha value is -1.03. The van der Waals surface area contributed by atoms with E-state index in [0.29, 0.717) is 18.8 Å². The molecule has 0 aromatic heterocycles. The van der Waals surface area contributed by atoms with Crippen LogP contribution in [0.15, 0.2) is 23.5 Å². The number of ketones is 1. The minimum absolute atomic E-state index is 0.0249. The minimum atomic E-state index is -1.96. The number of allylic oxidation sites excluding steroid dienone is 2. The van der Waals surface area contributed by atoms with Gasteiger partial charge in [0.05, 0.1) is 6.61 Å². The minimum Gasteiger partial charge on any atom is -0.426 e. The first-order chi connectivity index (χ1) is 15.9. The summed E-state index contributed by atoms with van der Waals surface area (Å²) in [5.74, 6) is -0.164. The van der Waals surface area contributed by atoms with E-state index < -0.39 is 28.0 Å². The molecule has 0 bridgehead atoms. The zero-order valence-electron chi connectivity index (χ0n) is 25.9. The average molecular weight is 539 g/mol. The lowest BCUT2D eigenvalue weighted by Gasteiger charge is -2.38. The molecule has 1 rings (SSSR count). The fourth-order valence-corrected chi connectivity index (χ4v) is 6.34. The van der Waals surface area contributed by atoms with Crippen LogP contribution in [0.3, 0.4) is 0 Å². The molecule has 0 N–H and O–H groups in total. The predicted octanol–water partition coefficient (Wildman–Crippen LogP) is 8.19. The summed E-state index contributed by atoms with van der Waals surface area (Å²) in [6, 6.07) is 0. The van der Waals surface area contributed by atoms with E-state index in [4.69, 9.17) is 13.6 Å². The molecule has 1 saturated carbocycles. The number of carbonyl (C=O) groups is 2. The summed E-state index contributed by atoms with van der Waals surface area (Å²) in [5, 5.41) is 0.210. The van der Waals surface area contributed by atoms with Gasteiger partial charge in [-0.25, -0.2) is 0 Å². The molecule has 208 valence electrons. The third-order valence-electron chi connectivity index (χ3n) is 9.22. The molecular formula is C29H54O5Si2. The van der Waals surface area contributed by atoms with Crippen molar-refractivity contribution in [2.45, 2.75) is 131 Å². The average Bonchev–Trinajstić information content (AvgIpc) is 2.86. The second-order valence-electron chi connectivity index (χ2n) is 14.5. The Morgan fingerprint density at radius 2 is 1.39 bits per heavy atom. The van der Waals surface area contributed by atoms with Crippen LogP contribution in [0.4, 0.5) is 0 Å². The van der Waals surface area contributed by atoms with Crippen molar-refractivity contribution in [3.63, 3.8) is 0 Å². The van der Waals surface area contributed by atoms with Crippen LogP contribution in [0.25, 0.3) is 0 Å². The number of hydrogen-bond donors (Lipinski definition) is 0. The number of rotatable bonds is 9. The normalized spacial score (nSPS) is 24.1. The van der Waals surface area contributed by atoms with Gasteiger partial charge in [0, 0.05) is 24.5 Å². The fourth-order valence-electron chi connectivity index (χ4n) is 4.06. The van der Waals surface area contributed by atoms with E-state index in [9.17, 15) is 9.59 Å². The van der Waals surface area contributed by atoms with Gasteiger partial charge in [0.1, 0.15) is 5.76 Å². The van der Waals surface area contributed by atoms with Gasteiger partial charge in [-0.05, 0) is 67.0 Å². The first-order valence-corrected chi connectivity index (χ1v) is 19.1. The Balaban J connectivity index is 3.21. The Morgan fingerprint density at radius 3 is 1.83 bits per heavy atom. The number of esters is 1. The highest BCUT2D eigenvalue weighted by atomic mass is 28.4. The Bertz CT molecular complexity index is 884. The van der Waals surface area contributed by atoms with E-state index in [1.54, 1.807) is 0 Å². The van der Waals surface area contributed by atoms with E-state index in [-0.39, 0.29) is 27.4 Å². The largest absolute Gasteiger partial charge is 0.426 e. The topological polar surface area (TPSA) is 61.8 Å². The SMILES string of the molecule is CC(=O)OC(=C\C(=O)[C@]1(C)C[C@@H](O[Si](C)(C)C(C)(C)C)CC1(C)C)/C(C)=C/CO[Si](C)(C)C(C)(C)C. The van der Waals surface area contributed by atoms with Crippen molar-refractivity contribution < 1.29 is 23.2 Å². The van der Waals surface area contributed by atoms with E-state index in [2.05, 4.69) is 81.6 Å². The summed E-state index contributed by atoms with van der Waals surface area (Å²) in [6.07, 6.45) is 4.96. The van der Waals surface area contributed by atoms with Crippen molar-refractivity contribution in [2.24, 2.45) is 10.8 Å². The van der Waals surface area contributed by atoms with Crippen LogP contribution in [0.2, 0.25) is 36.3 Å². The summed E-state index contributed by atoms with van der Waals surface area (Å²) in [4.78, 5) is 25.7. The molecule has 1 fully saturated rings. The first-order valence-electron chi connectivity index (χ1n) is 13.3. The van der Waals surface area contributed by atoms with E-state index in [1.165, 1.54) is 13.0 Å². The van der Waals surface area contributed by atoms with Gasteiger partial charge in [0.15, 0.2) is 22.4 Å². The molecule has 0 amide bonds. The molecule has 1 aliphatic rings. The van der Waals surface area contributed by atoms with Crippen LogP contribution in [-0.2, 0) is 23.2 Å². The summed E-state index contributed by atoms with van der Waals surface area (Å²) >= 11 is 0. The van der Waals surface area contributed by atoms with Gasteiger partial charge < -0.3 is 13.6 Å². The number of carbonyl (C=O) groups excluding carboxylic acids is 2. The smallest absolute Gasteiger partial charge is 0.308 e. The lowest BCUT2D eigenvalue weighted by molar-refractivity contribution is -0.136. The molecule has 0 radical (unpaired) electrons. The maximum absolute atomic E-state index is 13.8. The zero-order valence-corrected chi connectivity index (χ0v) is 27.9. The Labute approximate surface area is 223 Å².